The fourth-order valence-electron chi connectivity index (χ4n) is 4.32. The van der Waals surface area contributed by atoms with Gasteiger partial charge in [0.15, 0.2) is 0 Å². The average molecular weight is 450 g/mol. The second kappa shape index (κ2) is 11.1. The van der Waals surface area contributed by atoms with Crippen LogP contribution >= 0.6 is 0 Å². The van der Waals surface area contributed by atoms with Gasteiger partial charge in [0, 0.05) is 31.6 Å². The van der Waals surface area contributed by atoms with Crippen LogP contribution in [0.25, 0.3) is 0 Å². The SMILES string of the molecule is O=C1CCN(Cc2ccc(OCCCN3CCCCC3)cc2)C(=O)N1C(=O)c1ccccc1. The van der Waals surface area contributed by atoms with Crippen molar-refractivity contribution in [3.8, 4) is 5.75 Å². The molecule has 4 rings (SSSR count). The maximum atomic E-state index is 12.9. The monoisotopic (exact) mass is 449 g/mol. The van der Waals surface area contributed by atoms with E-state index in [2.05, 4.69) is 4.90 Å². The molecule has 0 atom stereocenters. The van der Waals surface area contributed by atoms with Crippen LogP contribution in [0.3, 0.4) is 0 Å². The molecule has 2 fully saturated rings. The van der Waals surface area contributed by atoms with Crippen molar-refractivity contribution < 1.29 is 19.1 Å². The minimum atomic E-state index is -0.580. The smallest absolute Gasteiger partial charge is 0.334 e. The summed E-state index contributed by atoms with van der Waals surface area (Å²) < 4.78 is 5.87. The van der Waals surface area contributed by atoms with Gasteiger partial charge in [0.1, 0.15) is 5.75 Å². The van der Waals surface area contributed by atoms with Gasteiger partial charge < -0.3 is 14.5 Å². The van der Waals surface area contributed by atoms with Crippen molar-refractivity contribution in [3.05, 3.63) is 65.7 Å². The molecule has 174 valence electrons. The number of benzene rings is 2. The number of amides is 4. The summed E-state index contributed by atoms with van der Waals surface area (Å²) in [6, 6.07) is 15.5. The number of hydrogen-bond acceptors (Lipinski definition) is 5. The Morgan fingerprint density at radius 1 is 0.879 bits per heavy atom. The molecule has 0 aromatic heterocycles. The predicted molar refractivity (Wildman–Crippen MR) is 125 cm³/mol. The van der Waals surface area contributed by atoms with Crippen LogP contribution < -0.4 is 4.74 Å². The van der Waals surface area contributed by atoms with Gasteiger partial charge in [0.05, 0.1) is 6.61 Å². The lowest BCUT2D eigenvalue weighted by Crippen LogP contribution is -2.54. The molecule has 0 spiro atoms. The number of imide groups is 3. The molecule has 0 unspecified atom stereocenters. The summed E-state index contributed by atoms with van der Waals surface area (Å²) >= 11 is 0. The van der Waals surface area contributed by atoms with Gasteiger partial charge in [0.2, 0.25) is 5.91 Å². The van der Waals surface area contributed by atoms with E-state index in [1.807, 2.05) is 24.3 Å². The zero-order chi connectivity index (χ0) is 23.0. The van der Waals surface area contributed by atoms with Gasteiger partial charge in [-0.3, -0.25) is 9.59 Å². The standard InChI is InChI=1S/C26H31N3O4/c30-24-14-18-28(26(32)29(24)25(31)22-8-3-1-4-9-22)20-21-10-12-23(13-11-21)33-19-7-17-27-15-5-2-6-16-27/h1,3-4,8-13H,2,5-7,14-20H2. The van der Waals surface area contributed by atoms with Crippen molar-refractivity contribution in [1.29, 1.82) is 0 Å². The molecule has 2 aromatic carbocycles. The second-order valence-corrected chi connectivity index (χ2v) is 8.60. The molecule has 2 aliphatic rings. The zero-order valence-corrected chi connectivity index (χ0v) is 18.9. The van der Waals surface area contributed by atoms with Gasteiger partial charge in [-0.25, -0.2) is 4.79 Å². The fraction of sp³-hybridized carbons (Fsp3) is 0.423. The summed E-state index contributed by atoms with van der Waals surface area (Å²) in [5, 5.41) is 0. The minimum absolute atomic E-state index is 0.128. The Morgan fingerprint density at radius 2 is 1.61 bits per heavy atom. The molecule has 0 bridgehead atoms. The topological polar surface area (TPSA) is 70.2 Å². The molecule has 0 saturated carbocycles. The first-order chi connectivity index (χ1) is 16.1. The molecule has 0 N–H and O–H groups in total. The Balaban J connectivity index is 1.28. The van der Waals surface area contributed by atoms with Crippen LogP contribution in [0.2, 0.25) is 0 Å². The molecule has 33 heavy (non-hydrogen) atoms. The lowest BCUT2D eigenvalue weighted by Gasteiger charge is -2.33. The van der Waals surface area contributed by atoms with Gasteiger partial charge in [0.25, 0.3) is 5.91 Å². The fourth-order valence-corrected chi connectivity index (χ4v) is 4.32. The highest BCUT2D eigenvalue weighted by molar-refractivity contribution is 6.16. The number of nitrogens with zero attached hydrogens (tertiary/aromatic N) is 3. The third-order valence-corrected chi connectivity index (χ3v) is 6.16. The van der Waals surface area contributed by atoms with Gasteiger partial charge in [-0.05, 0) is 62.2 Å². The van der Waals surface area contributed by atoms with Crippen LogP contribution in [0, 0.1) is 0 Å². The second-order valence-electron chi connectivity index (χ2n) is 8.60. The summed E-state index contributed by atoms with van der Waals surface area (Å²) in [5.41, 5.74) is 1.24. The van der Waals surface area contributed by atoms with Crippen LogP contribution in [0.1, 0.15) is 48.0 Å². The Hall–Kier alpha value is -3.19. The van der Waals surface area contributed by atoms with Crippen molar-refractivity contribution in [2.24, 2.45) is 0 Å². The van der Waals surface area contributed by atoms with E-state index in [1.54, 1.807) is 30.3 Å². The van der Waals surface area contributed by atoms with E-state index in [0.29, 0.717) is 25.3 Å². The first-order valence-electron chi connectivity index (χ1n) is 11.8. The molecular weight excluding hydrogens is 418 g/mol. The summed E-state index contributed by atoms with van der Waals surface area (Å²) in [6.07, 6.45) is 5.08. The number of piperidine rings is 1. The van der Waals surface area contributed by atoms with E-state index in [9.17, 15) is 14.4 Å². The van der Waals surface area contributed by atoms with Gasteiger partial charge in [-0.1, -0.05) is 36.8 Å². The highest BCUT2D eigenvalue weighted by Crippen LogP contribution is 2.19. The van der Waals surface area contributed by atoms with Gasteiger partial charge in [-0.2, -0.15) is 4.90 Å². The lowest BCUT2D eigenvalue weighted by molar-refractivity contribution is -0.128. The molecule has 2 aromatic rings. The third kappa shape index (κ3) is 5.99. The van der Waals surface area contributed by atoms with E-state index in [4.69, 9.17) is 4.74 Å². The number of carbonyl (C=O) groups is 3. The average Bonchev–Trinajstić information content (AvgIpc) is 2.86. The summed E-state index contributed by atoms with van der Waals surface area (Å²) in [7, 11) is 0. The van der Waals surface area contributed by atoms with E-state index in [1.165, 1.54) is 37.3 Å². The highest BCUT2D eigenvalue weighted by atomic mass is 16.5. The summed E-state index contributed by atoms with van der Waals surface area (Å²) in [4.78, 5) is 42.8. The maximum absolute atomic E-state index is 12.9. The van der Waals surface area contributed by atoms with Crippen LogP contribution in [-0.2, 0) is 11.3 Å². The van der Waals surface area contributed by atoms with Crippen LogP contribution in [0.4, 0.5) is 4.79 Å². The minimum Gasteiger partial charge on any atom is -0.494 e. The Bertz CT molecular complexity index is 955. The molecule has 4 amide bonds. The van der Waals surface area contributed by atoms with Crippen LogP contribution in [-0.4, -0.2) is 65.3 Å². The van der Waals surface area contributed by atoms with Crippen molar-refractivity contribution >= 4 is 17.8 Å². The molecule has 2 heterocycles. The molecule has 7 heteroatoms. The molecule has 0 aliphatic carbocycles. The quantitative estimate of drug-likeness (QED) is 0.451. The van der Waals surface area contributed by atoms with E-state index in [0.717, 1.165) is 29.2 Å². The summed E-state index contributed by atoms with van der Waals surface area (Å²) in [5.74, 6) is -0.236. The first kappa shape index (κ1) is 23.0. The van der Waals surface area contributed by atoms with Crippen molar-refractivity contribution in [1.82, 2.24) is 14.7 Å². The number of rotatable bonds is 8. The van der Waals surface area contributed by atoms with E-state index >= 15 is 0 Å². The largest absolute Gasteiger partial charge is 0.494 e. The number of ether oxygens (including phenoxy) is 1. The number of carbonyl (C=O) groups excluding carboxylic acids is 3. The van der Waals surface area contributed by atoms with Crippen molar-refractivity contribution in [2.75, 3.05) is 32.8 Å². The number of hydrogen-bond donors (Lipinski definition) is 0. The first-order valence-corrected chi connectivity index (χ1v) is 11.8. The van der Waals surface area contributed by atoms with Crippen LogP contribution in [0.5, 0.6) is 5.75 Å². The van der Waals surface area contributed by atoms with Gasteiger partial charge >= 0.3 is 6.03 Å². The lowest BCUT2D eigenvalue weighted by atomic mass is 10.1. The summed E-state index contributed by atoms with van der Waals surface area (Å²) in [6.45, 7) is 4.78. The van der Waals surface area contributed by atoms with E-state index in [-0.39, 0.29) is 6.42 Å². The molecular formula is C26H31N3O4. The Morgan fingerprint density at radius 3 is 2.33 bits per heavy atom. The molecule has 2 saturated heterocycles. The normalized spacial score (nSPS) is 17.3. The maximum Gasteiger partial charge on any atom is 0.334 e. The van der Waals surface area contributed by atoms with Crippen LogP contribution in [0.15, 0.2) is 54.6 Å². The zero-order valence-electron chi connectivity index (χ0n) is 18.9. The predicted octanol–water partition coefficient (Wildman–Crippen LogP) is 3.94. The van der Waals surface area contributed by atoms with E-state index < -0.39 is 17.8 Å². The molecule has 7 nitrogen and oxygen atoms in total. The van der Waals surface area contributed by atoms with Gasteiger partial charge in [-0.15, -0.1) is 0 Å². The van der Waals surface area contributed by atoms with Crippen molar-refractivity contribution in [3.63, 3.8) is 0 Å². The Labute approximate surface area is 194 Å². The highest BCUT2D eigenvalue weighted by Gasteiger charge is 2.37. The number of urea groups is 1. The van der Waals surface area contributed by atoms with Crippen molar-refractivity contribution in [2.45, 2.75) is 38.6 Å². The Kier molecular flexibility index (Phi) is 7.73. The molecule has 0 radical (unpaired) electrons. The third-order valence-electron chi connectivity index (χ3n) is 6.16. The molecule has 2 aliphatic heterocycles. The number of likely N-dealkylation sites (tertiary alicyclic amines) is 1.